The van der Waals surface area contributed by atoms with E-state index >= 15 is 0 Å². The highest BCUT2D eigenvalue weighted by Gasteiger charge is 2.40. The summed E-state index contributed by atoms with van der Waals surface area (Å²) < 4.78 is 5.18. The Morgan fingerprint density at radius 1 is 1.48 bits per heavy atom. The van der Waals surface area contributed by atoms with Crippen molar-refractivity contribution in [2.24, 2.45) is 10.9 Å². The van der Waals surface area contributed by atoms with E-state index in [-0.39, 0.29) is 11.9 Å². The van der Waals surface area contributed by atoms with Crippen molar-refractivity contribution in [3.05, 3.63) is 34.9 Å². The summed E-state index contributed by atoms with van der Waals surface area (Å²) >= 11 is 6.09. The smallest absolute Gasteiger partial charge is 0.310 e. The van der Waals surface area contributed by atoms with Gasteiger partial charge in [0.1, 0.15) is 0 Å². The van der Waals surface area contributed by atoms with Crippen molar-refractivity contribution >= 4 is 23.5 Å². The Morgan fingerprint density at radius 2 is 2.32 bits per heavy atom. The van der Waals surface area contributed by atoms with Crippen LogP contribution in [0.15, 0.2) is 29.3 Å². The first kappa shape index (κ1) is 18.1. The topological polar surface area (TPSA) is 53.9 Å². The number of aliphatic imine (C=N–C) groups is 1. The molecule has 6 heteroatoms. The van der Waals surface area contributed by atoms with Gasteiger partial charge in [-0.15, -0.1) is 0 Å². The fourth-order valence-electron chi connectivity index (χ4n) is 3.55. The SMILES string of the molecule is CCOC(=O)C1CCCN(C(=NC)NC2CC2c2cccc(Cl)c2)C1. The van der Waals surface area contributed by atoms with Crippen LogP contribution in [-0.4, -0.2) is 49.6 Å². The molecular weight excluding hydrogens is 338 g/mol. The predicted octanol–water partition coefficient (Wildman–Crippen LogP) is 3.05. The minimum absolute atomic E-state index is 0.0600. The Labute approximate surface area is 154 Å². The summed E-state index contributed by atoms with van der Waals surface area (Å²) in [6, 6.07) is 8.43. The number of guanidine groups is 1. The first-order valence-corrected chi connectivity index (χ1v) is 9.40. The molecule has 0 spiro atoms. The number of ether oxygens (including phenoxy) is 1. The third-order valence-corrected chi connectivity index (χ3v) is 5.17. The summed E-state index contributed by atoms with van der Waals surface area (Å²) in [6.07, 6.45) is 2.95. The molecule has 3 atom stereocenters. The van der Waals surface area contributed by atoms with Crippen LogP contribution in [0.1, 0.15) is 37.7 Å². The number of hydrogen-bond acceptors (Lipinski definition) is 3. The highest BCUT2D eigenvalue weighted by atomic mass is 35.5. The van der Waals surface area contributed by atoms with Crippen molar-refractivity contribution in [1.29, 1.82) is 0 Å². The lowest BCUT2D eigenvalue weighted by atomic mass is 9.98. The first-order valence-electron chi connectivity index (χ1n) is 9.02. The van der Waals surface area contributed by atoms with Gasteiger partial charge in [-0.1, -0.05) is 23.7 Å². The number of esters is 1. The molecule has 1 heterocycles. The number of benzene rings is 1. The number of likely N-dealkylation sites (tertiary alicyclic amines) is 1. The molecule has 2 aliphatic rings. The number of hydrogen-bond donors (Lipinski definition) is 1. The molecule has 0 aromatic heterocycles. The van der Waals surface area contributed by atoms with Gasteiger partial charge in [-0.05, 0) is 43.9 Å². The van der Waals surface area contributed by atoms with Crippen molar-refractivity contribution in [3.63, 3.8) is 0 Å². The summed E-state index contributed by atoms with van der Waals surface area (Å²) in [5.74, 6) is 1.20. The molecule has 1 aliphatic carbocycles. The average molecular weight is 364 g/mol. The molecular formula is C19H26ClN3O2. The third-order valence-electron chi connectivity index (χ3n) is 4.93. The summed E-state index contributed by atoms with van der Waals surface area (Å²) in [6.45, 7) is 3.88. The van der Waals surface area contributed by atoms with Gasteiger partial charge in [-0.25, -0.2) is 0 Å². The predicted molar refractivity (Wildman–Crippen MR) is 100 cm³/mol. The average Bonchev–Trinajstić information content (AvgIpc) is 3.39. The summed E-state index contributed by atoms with van der Waals surface area (Å²) in [5, 5.41) is 4.33. The van der Waals surface area contributed by atoms with Crippen LogP contribution in [0.25, 0.3) is 0 Å². The molecule has 1 N–H and O–H groups in total. The monoisotopic (exact) mass is 363 g/mol. The van der Waals surface area contributed by atoms with Gasteiger partial charge in [0.25, 0.3) is 0 Å². The van der Waals surface area contributed by atoms with Gasteiger partial charge in [-0.2, -0.15) is 0 Å². The second kappa shape index (κ2) is 8.09. The fraction of sp³-hybridized carbons (Fsp3) is 0.579. The molecule has 3 unspecified atom stereocenters. The maximum atomic E-state index is 12.0. The van der Waals surface area contributed by atoms with Crippen LogP contribution in [-0.2, 0) is 9.53 Å². The van der Waals surface area contributed by atoms with Crippen LogP contribution in [0.2, 0.25) is 5.02 Å². The first-order chi connectivity index (χ1) is 12.1. The normalized spacial score (nSPS) is 26.3. The molecule has 0 amide bonds. The van der Waals surface area contributed by atoms with Crippen LogP contribution >= 0.6 is 11.6 Å². The highest BCUT2D eigenvalue weighted by Crippen LogP contribution is 2.41. The van der Waals surface area contributed by atoms with Gasteiger partial charge in [0.05, 0.1) is 12.5 Å². The van der Waals surface area contributed by atoms with Gasteiger partial charge in [-0.3, -0.25) is 9.79 Å². The summed E-state index contributed by atoms with van der Waals surface area (Å²) in [4.78, 5) is 18.6. The molecule has 1 saturated heterocycles. The molecule has 25 heavy (non-hydrogen) atoms. The van der Waals surface area contributed by atoms with Gasteiger partial charge < -0.3 is 15.0 Å². The van der Waals surface area contributed by atoms with E-state index in [0.717, 1.165) is 36.8 Å². The lowest BCUT2D eigenvalue weighted by molar-refractivity contribution is -0.149. The number of nitrogens with one attached hydrogen (secondary N) is 1. The molecule has 0 radical (unpaired) electrons. The van der Waals surface area contributed by atoms with Gasteiger partial charge in [0.15, 0.2) is 5.96 Å². The Hall–Kier alpha value is -1.75. The van der Waals surface area contributed by atoms with Crippen molar-refractivity contribution in [3.8, 4) is 0 Å². The van der Waals surface area contributed by atoms with Crippen molar-refractivity contribution in [2.45, 2.75) is 38.1 Å². The number of carbonyl (C=O) groups excluding carboxylic acids is 1. The standard InChI is InChI=1S/C19H26ClN3O2/c1-3-25-18(24)14-7-5-9-23(12-14)19(21-2)22-17-11-16(17)13-6-4-8-15(20)10-13/h4,6,8,10,14,16-17H,3,5,7,9,11-12H2,1-2H3,(H,21,22). The molecule has 0 bridgehead atoms. The van der Waals surface area contributed by atoms with E-state index in [2.05, 4.69) is 21.3 Å². The molecule has 136 valence electrons. The molecule has 1 aromatic carbocycles. The fourth-order valence-corrected chi connectivity index (χ4v) is 3.74. The van der Waals surface area contributed by atoms with Crippen LogP contribution < -0.4 is 5.32 Å². The zero-order valence-electron chi connectivity index (χ0n) is 14.9. The van der Waals surface area contributed by atoms with E-state index in [9.17, 15) is 4.79 Å². The molecule has 1 aromatic rings. The zero-order valence-corrected chi connectivity index (χ0v) is 15.6. The largest absolute Gasteiger partial charge is 0.466 e. The Morgan fingerprint density at radius 3 is 3.04 bits per heavy atom. The molecule has 3 rings (SSSR count). The third kappa shape index (κ3) is 4.46. The summed E-state index contributed by atoms with van der Waals surface area (Å²) in [7, 11) is 1.80. The molecule has 1 saturated carbocycles. The minimum Gasteiger partial charge on any atom is -0.466 e. The van der Waals surface area contributed by atoms with Gasteiger partial charge >= 0.3 is 5.97 Å². The van der Waals surface area contributed by atoms with Crippen molar-refractivity contribution in [1.82, 2.24) is 10.2 Å². The lowest BCUT2D eigenvalue weighted by Gasteiger charge is -2.34. The number of rotatable bonds is 4. The van der Waals surface area contributed by atoms with E-state index in [4.69, 9.17) is 16.3 Å². The second-order valence-corrected chi connectivity index (χ2v) is 7.17. The Kier molecular flexibility index (Phi) is 5.84. The number of carbonyl (C=O) groups is 1. The van der Waals surface area contributed by atoms with E-state index < -0.39 is 0 Å². The molecule has 1 aliphatic heterocycles. The van der Waals surface area contributed by atoms with Crippen LogP contribution in [0.3, 0.4) is 0 Å². The lowest BCUT2D eigenvalue weighted by Crippen LogP contribution is -2.49. The van der Waals surface area contributed by atoms with E-state index in [1.807, 2.05) is 25.1 Å². The van der Waals surface area contributed by atoms with Crippen molar-refractivity contribution in [2.75, 3.05) is 26.7 Å². The maximum Gasteiger partial charge on any atom is 0.310 e. The number of nitrogens with zero attached hydrogens (tertiary/aromatic N) is 2. The quantitative estimate of drug-likeness (QED) is 0.507. The van der Waals surface area contributed by atoms with E-state index in [1.165, 1.54) is 5.56 Å². The van der Waals surface area contributed by atoms with Gasteiger partial charge in [0, 0.05) is 37.1 Å². The molecule has 2 fully saturated rings. The number of halogens is 1. The van der Waals surface area contributed by atoms with Crippen LogP contribution in [0.5, 0.6) is 0 Å². The number of piperidine rings is 1. The maximum absolute atomic E-state index is 12.0. The second-order valence-electron chi connectivity index (χ2n) is 6.73. The van der Waals surface area contributed by atoms with Gasteiger partial charge in [0.2, 0.25) is 0 Å². The zero-order chi connectivity index (χ0) is 17.8. The Balaban J connectivity index is 1.57. The van der Waals surface area contributed by atoms with E-state index in [1.54, 1.807) is 7.05 Å². The van der Waals surface area contributed by atoms with Crippen LogP contribution in [0, 0.1) is 5.92 Å². The van der Waals surface area contributed by atoms with Crippen LogP contribution in [0.4, 0.5) is 0 Å². The molecule has 5 nitrogen and oxygen atoms in total. The van der Waals surface area contributed by atoms with E-state index in [0.29, 0.717) is 25.1 Å². The Bertz CT molecular complexity index is 649. The summed E-state index contributed by atoms with van der Waals surface area (Å²) in [5.41, 5.74) is 1.27. The van der Waals surface area contributed by atoms with Crippen molar-refractivity contribution < 1.29 is 9.53 Å². The minimum atomic E-state index is -0.0918. The highest BCUT2D eigenvalue weighted by molar-refractivity contribution is 6.30.